The summed E-state index contributed by atoms with van der Waals surface area (Å²) in [5.41, 5.74) is 2.49. The molecule has 0 spiro atoms. The van der Waals surface area contributed by atoms with Crippen LogP contribution in [0.25, 0.3) is 16.9 Å². The number of hydrogen-bond donors (Lipinski definition) is 0. The normalized spacial score (nSPS) is 12.8. The number of methoxy groups -OCH3 is 1. The Balaban J connectivity index is 1.97. The first kappa shape index (κ1) is 11.1. The number of nitrogens with zero attached hydrogens (tertiary/aromatic N) is 3. The first-order valence-corrected chi connectivity index (χ1v) is 6.13. The largest absolute Gasteiger partial charge is 0.496 e. The number of imidazole rings is 1. The first-order chi connectivity index (χ1) is 9.86. The lowest BCUT2D eigenvalue weighted by Gasteiger charge is -2.09. The Kier molecular flexibility index (Phi) is 2.29. The molecule has 1 aliphatic rings. The van der Waals surface area contributed by atoms with Crippen molar-refractivity contribution in [3.05, 3.63) is 36.7 Å². The van der Waals surface area contributed by atoms with Crippen LogP contribution in [0, 0.1) is 0 Å². The highest BCUT2D eigenvalue weighted by Gasteiger charge is 2.20. The fourth-order valence-corrected chi connectivity index (χ4v) is 2.31. The molecule has 2 aromatic heterocycles. The fourth-order valence-electron chi connectivity index (χ4n) is 2.31. The summed E-state index contributed by atoms with van der Waals surface area (Å²) in [6, 6.07) is 7.46. The zero-order valence-corrected chi connectivity index (χ0v) is 10.7. The quantitative estimate of drug-likeness (QED) is 0.713. The van der Waals surface area contributed by atoms with Crippen LogP contribution in [0.4, 0.5) is 0 Å². The third-order valence-electron chi connectivity index (χ3n) is 3.25. The van der Waals surface area contributed by atoms with Crippen molar-refractivity contribution < 1.29 is 14.2 Å². The number of rotatable bonds is 2. The molecule has 1 aromatic carbocycles. The van der Waals surface area contributed by atoms with Crippen molar-refractivity contribution in [3.8, 4) is 28.5 Å². The maximum atomic E-state index is 5.44. The number of fused-ring (bicyclic) bond motifs is 2. The molecule has 0 unspecified atom stereocenters. The van der Waals surface area contributed by atoms with Gasteiger partial charge in [0.25, 0.3) is 0 Å². The van der Waals surface area contributed by atoms with Gasteiger partial charge in [-0.05, 0) is 18.2 Å². The van der Waals surface area contributed by atoms with Crippen LogP contribution in [-0.4, -0.2) is 28.5 Å². The van der Waals surface area contributed by atoms with Crippen LogP contribution in [0.1, 0.15) is 0 Å². The van der Waals surface area contributed by atoms with Crippen molar-refractivity contribution in [1.82, 2.24) is 14.6 Å². The SMILES string of the molecule is COc1cc2c(cc1-c1cnc3cccnn13)OCO2. The lowest BCUT2D eigenvalue weighted by Crippen LogP contribution is -1.95. The second-order valence-corrected chi connectivity index (χ2v) is 4.34. The molecule has 0 N–H and O–H groups in total. The summed E-state index contributed by atoms with van der Waals surface area (Å²) in [6.07, 6.45) is 3.49. The van der Waals surface area contributed by atoms with Crippen molar-refractivity contribution in [2.45, 2.75) is 0 Å². The van der Waals surface area contributed by atoms with Crippen LogP contribution in [-0.2, 0) is 0 Å². The molecule has 6 heteroatoms. The van der Waals surface area contributed by atoms with Crippen molar-refractivity contribution in [1.29, 1.82) is 0 Å². The second-order valence-electron chi connectivity index (χ2n) is 4.34. The van der Waals surface area contributed by atoms with E-state index >= 15 is 0 Å². The van der Waals surface area contributed by atoms with Gasteiger partial charge in [0.2, 0.25) is 6.79 Å². The van der Waals surface area contributed by atoms with E-state index < -0.39 is 0 Å². The number of benzene rings is 1. The highest BCUT2D eigenvalue weighted by atomic mass is 16.7. The molecule has 100 valence electrons. The molecule has 0 aliphatic carbocycles. The summed E-state index contributed by atoms with van der Waals surface area (Å²) in [6.45, 7) is 0.230. The molecule has 0 radical (unpaired) electrons. The molecule has 0 fully saturated rings. The molecule has 0 saturated heterocycles. The Bertz CT molecular complexity index is 797. The van der Waals surface area contributed by atoms with Gasteiger partial charge >= 0.3 is 0 Å². The maximum Gasteiger partial charge on any atom is 0.231 e. The summed E-state index contributed by atoms with van der Waals surface area (Å²) in [5.74, 6) is 2.08. The van der Waals surface area contributed by atoms with E-state index in [0.29, 0.717) is 17.2 Å². The van der Waals surface area contributed by atoms with Crippen LogP contribution < -0.4 is 14.2 Å². The lowest BCUT2D eigenvalue weighted by atomic mass is 10.1. The smallest absolute Gasteiger partial charge is 0.231 e. The molecule has 3 heterocycles. The summed E-state index contributed by atoms with van der Waals surface area (Å²) in [4.78, 5) is 4.34. The third kappa shape index (κ3) is 1.51. The van der Waals surface area contributed by atoms with Gasteiger partial charge in [-0.25, -0.2) is 9.50 Å². The molecule has 3 aromatic rings. The van der Waals surface area contributed by atoms with Crippen molar-refractivity contribution in [2.75, 3.05) is 13.9 Å². The van der Waals surface area contributed by atoms with Crippen LogP contribution in [0.15, 0.2) is 36.7 Å². The Hall–Kier alpha value is -2.76. The Morgan fingerprint density at radius 3 is 2.95 bits per heavy atom. The first-order valence-electron chi connectivity index (χ1n) is 6.13. The zero-order chi connectivity index (χ0) is 13.5. The van der Waals surface area contributed by atoms with Gasteiger partial charge < -0.3 is 14.2 Å². The topological polar surface area (TPSA) is 57.9 Å². The molecule has 0 saturated carbocycles. The standard InChI is InChI=1S/C14H11N3O3/c1-18-11-6-13-12(19-8-20-13)5-9(11)10-7-15-14-3-2-4-16-17(10)14/h2-7H,8H2,1H3. The van der Waals surface area contributed by atoms with Gasteiger partial charge in [0.05, 0.1) is 19.0 Å². The Morgan fingerprint density at radius 1 is 1.25 bits per heavy atom. The summed E-state index contributed by atoms with van der Waals surface area (Å²) < 4.78 is 18.0. The molecule has 4 rings (SSSR count). The third-order valence-corrected chi connectivity index (χ3v) is 3.25. The molecular formula is C14H11N3O3. The molecule has 0 amide bonds. The van der Waals surface area contributed by atoms with Crippen LogP contribution >= 0.6 is 0 Å². The molecular weight excluding hydrogens is 258 g/mol. The number of aromatic nitrogens is 3. The predicted octanol–water partition coefficient (Wildman–Crippen LogP) is 2.13. The predicted molar refractivity (Wildman–Crippen MR) is 71.1 cm³/mol. The minimum absolute atomic E-state index is 0.230. The lowest BCUT2D eigenvalue weighted by molar-refractivity contribution is 0.174. The van der Waals surface area contributed by atoms with Gasteiger partial charge in [-0.3, -0.25) is 0 Å². The van der Waals surface area contributed by atoms with E-state index in [1.807, 2.05) is 24.3 Å². The summed E-state index contributed by atoms with van der Waals surface area (Å²) >= 11 is 0. The Labute approximate surface area is 114 Å². The van der Waals surface area contributed by atoms with Crippen LogP contribution in [0.5, 0.6) is 17.2 Å². The molecule has 0 atom stereocenters. The average molecular weight is 269 g/mol. The van der Waals surface area contributed by atoms with E-state index in [1.165, 1.54) is 0 Å². The monoisotopic (exact) mass is 269 g/mol. The van der Waals surface area contributed by atoms with Gasteiger partial charge in [0, 0.05) is 17.8 Å². The highest BCUT2D eigenvalue weighted by Crippen LogP contribution is 2.42. The molecule has 20 heavy (non-hydrogen) atoms. The van der Waals surface area contributed by atoms with E-state index in [0.717, 1.165) is 16.9 Å². The second kappa shape index (κ2) is 4.12. The Morgan fingerprint density at radius 2 is 2.10 bits per heavy atom. The van der Waals surface area contributed by atoms with Gasteiger partial charge in [0.1, 0.15) is 5.75 Å². The maximum absolute atomic E-state index is 5.44. The van der Waals surface area contributed by atoms with E-state index in [4.69, 9.17) is 14.2 Å². The van der Waals surface area contributed by atoms with E-state index in [2.05, 4.69) is 10.1 Å². The van der Waals surface area contributed by atoms with Crippen molar-refractivity contribution in [3.63, 3.8) is 0 Å². The van der Waals surface area contributed by atoms with Crippen LogP contribution in [0.2, 0.25) is 0 Å². The zero-order valence-electron chi connectivity index (χ0n) is 10.7. The highest BCUT2D eigenvalue weighted by molar-refractivity contribution is 5.73. The van der Waals surface area contributed by atoms with Gasteiger partial charge in [-0.2, -0.15) is 5.10 Å². The fraction of sp³-hybridized carbons (Fsp3) is 0.143. The van der Waals surface area contributed by atoms with Crippen molar-refractivity contribution >= 4 is 5.65 Å². The number of ether oxygens (including phenoxy) is 3. The van der Waals surface area contributed by atoms with E-state index in [1.54, 1.807) is 24.0 Å². The van der Waals surface area contributed by atoms with Gasteiger partial charge in [-0.1, -0.05) is 0 Å². The minimum atomic E-state index is 0.230. The van der Waals surface area contributed by atoms with E-state index in [-0.39, 0.29) is 6.79 Å². The van der Waals surface area contributed by atoms with Gasteiger partial charge in [-0.15, -0.1) is 0 Å². The van der Waals surface area contributed by atoms with E-state index in [9.17, 15) is 0 Å². The number of hydrogen-bond acceptors (Lipinski definition) is 5. The molecule has 1 aliphatic heterocycles. The van der Waals surface area contributed by atoms with Crippen molar-refractivity contribution in [2.24, 2.45) is 0 Å². The minimum Gasteiger partial charge on any atom is -0.496 e. The van der Waals surface area contributed by atoms with Gasteiger partial charge in [0.15, 0.2) is 17.1 Å². The molecule has 0 bridgehead atoms. The summed E-state index contributed by atoms with van der Waals surface area (Å²) in [7, 11) is 1.62. The summed E-state index contributed by atoms with van der Waals surface area (Å²) in [5, 5.41) is 4.31. The van der Waals surface area contributed by atoms with Crippen LogP contribution in [0.3, 0.4) is 0 Å². The molecule has 6 nitrogen and oxygen atoms in total. The average Bonchev–Trinajstić information content (AvgIpc) is 3.11.